The van der Waals surface area contributed by atoms with Crippen LogP contribution in [0.2, 0.25) is 0 Å². The second kappa shape index (κ2) is 4.98. The lowest BCUT2D eigenvalue weighted by molar-refractivity contribution is 0.459. The third-order valence-electron chi connectivity index (χ3n) is 2.19. The summed E-state index contributed by atoms with van der Waals surface area (Å²) in [5.74, 6) is 1.16. The van der Waals surface area contributed by atoms with Gasteiger partial charge in [-0.3, -0.25) is 0 Å². The first-order valence-corrected chi connectivity index (χ1v) is 5.79. The van der Waals surface area contributed by atoms with Crippen molar-refractivity contribution in [2.24, 2.45) is 0 Å². The lowest BCUT2D eigenvalue weighted by Gasteiger charge is -2.07. The lowest BCUT2D eigenvalue weighted by atomic mass is 10.2. The van der Waals surface area contributed by atoms with Gasteiger partial charge in [-0.15, -0.1) is 0 Å². The Bertz CT molecular complexity index is 590. The minimum atomic E-state index is 0.345. The van der Waals surface area contributed by atoms with Crippen molar-refractivity contribution >= 4 is 15.9 Å². The summed E-state index contributed by atoms with van der Waals surface area (Å²) in [4.78, 5) is 4.06. The molecule has 2 aromatic rings. The Kier molecular flexibility index (Phi) is 3.40. The zero-order valence-electron chi connectivity index (χ0n) is 9.14. The number of pyridine rings is 1. The molecule has 4 heteroatoms. The van der Waals surface area contributed by atoms with Gasteiger partial charge in [-0.25, -0.2) is 4.98 Å². The van der Waals surface area contributed by atoms with Gasteiger partial charge in [0, 0.05) is 10.5 Å². The molecule has 0 aliphatic heterocycles. The van der Waals surface area contributed by atoms with Crippen LogP contribution in [0.4, 0.5) is 0 Å². The SMILES string of the molecule is Cc1cc(Br)ccc1Oc1cccc(C#N)n1. The third kappa shape index (κ3) is 2.83. The van der Waals surface area contributed by atoms with Crippen molar-refractivity contribution in [2.75, 3.05) is 0 Å². The number of aromatic nitrogens is 1. The van der Waals surface area contributed by atoms with Crippen LogP contribution in [-0.4, -0.2) is 4.98 Å². The number of halogens is 1. The van der Waals surface area contributed by atoms with E-state index in [1.807, 2.05) is 31.2 Å². The predicted octanol–water partition coefficient (Wildman–Crippen LogP) is 3.82. The van der Waals surface area contributed by atoms with E-state index < -0.39 is 0 Å². The van der Waals surface area contributed by atoms with Crippen molar-refractivity contribution in [3.8, 4) is 17.7 Å². The maximum absolute atomic E-state index is 8.74. The first-order chi connectivity index (χ1) is 8.19. The minimum absolute atomic E-state index is 0.345. The monoisotopic (exact) mass is 288 g/mol. The van der Waals surface area contributed by atoms with Gasteiger partial charge in [-0.05, 0) is 36.8 Å². The largest absolute Gasteiger partial charge is 0.439 e. The summed E-state index contributed by atoms with van der Waals surface area (Å²) in [7, 11) is 0. The van der Waals surface area contributed by atoms with E-state index >= 15 is 0 Å². The summed E-state index contributed by atoms with van der Waals surface area (Å²) in [6.07, 6.45) is 0. The van der Waals surface area contributed by atoms with E-state index in [4.69, 9.17) is 10.00 Å². The van der Waals surface area contributed by atoms with Crippen molar-refractivity contribution in [2.45, 2.75) is 6.92 Å². The molecule has 0 bridgehead atoms. The van der Waals surface area contributed by atoms with Crippen LogP contribution in [0.25, 0.3) is 0 Å². The van der Waals surface area contributed by atoms with Gasteiger partial charge in [-0.2, -0.15) is 5.26 Å². The quantitative estimate of drug-likeness (QED) is 0.844. The standard InChI is InChI=1S/C13H9BrN2O/c1-9-7-10(14)5-6-12(9)17-13-4-2-3-11(8-15)16-13/h2-7H,1H3. The zero-order valence-corrected chi connectivity index (χ0v) is 10.7. The van der Waals surface area contributed by atoms with Crippen LogP contribution in [0.15, 0.2) is 40.9 Å². The molecular formula is C13H9BrN2O. The predicted molar refractivity (Wildman–Crippen MR) is 67.9 cm³/mol. The number of nitriles is 1. The van der Waals surface area contributed by atoms with Gasteiger partial charge < -0.3 is 4.74 Å². The summed E-state index contributed by atoms with van der Waals surface area (Å²) in [5.41, 5.74) is 1.35. The highest BCUT2D eigenvalue weighted by atomic mass is 79.9. The van der Waals surface area contributed by atoms with Gasteiger partial charge >= 0.3 is 0 Å². The van der Waals surface area contributed by atoms with Gasteiger partial charge in [-0.1, -0.05) is 22.0 Å². The summed E-state index contributed by atoms with van der Waals surface area (Å²) < 4.78 is 6.62. The van der Waals surface area contributed by atoms with Crippen LogP contribution in [-0.2, 0) is 0 Å². The molecule has 1 heterocycles. The minimum Gasteiger partial charge on any atom is -0.439 e. The lowest BCUT2D eigenvalue weighted by Crippen LogP contribution is -1.91. The van der Waals surface area contributed by atoms with E-state index in [1.54, 1.807) is 18.2 Å². The average molecular weight is 289 g/mol. The maximum Gasteiger partial charge on any atom is 0.220 e. The van der Waals surface area contributed by atoms with Crippen LogP contribution in [0.1, 0.15) is 11.3 Å². The Morgan fingerprint density at radius 1 is 1.29 bits per heavy atom. The Hall–Kier alpha value is -1.86. The van der Waals surface area contributed by atoms with Crippen LogP contribution >= 0.6 is 15.9 Å². The smallest absolute Gasteiger partial charge is 0.220 e. The fraction of sp³-hybridized carbons (Fsp3) is 0.0769. The first kappa shape index (κ1) is 11.6. The van der Waals surface area contributed by atoms with Gasteiger partial charge in [0.05, 0.1) is 0 Å². The molecule has 0 atom stereocenters. The molecule has 3 nitrogen and oxygen atoms in total. The summed E-state index contributed by atoms with van der Waals surface area (Å²) >= 11 is 3.39. The summed E-state index contributed by atoms with van der Waals surface area (Å²) in [6.45, 7) is 1.95. The Labute approximate surface area is 108 Å². The summed E-state index contributed by atoms with van der Waals surface area (Å²) in [6, 6.07) is 12.8. The highest BCUT2D eigenvalue weighted by Gasteiger charge is 2.03. The van der Waals surface area contributed by atoms with Crippen LogP contribution in [0.3, 0.4) is 0 Å². The van der Waals surface area contributed by atoms with Crippen molar-refractivity contribution in [1.82, 2.24) is 4.98 Å². The average Bonchev–Trinajstić information content (AvgIpc) is 2.33. The van der Waals surface area contributed by atoms with Gasteiger partial charge in [0.1, 0.15) is 17.5 Å². The third-order valence-corrected chi connectivity index (χ3v) is 2.68. The van der Waals surface area contributed by atoms with Crippen molar-refractivity contribution in [1.29, 1.82) is 5.26 Å². The molecule has 0 fully saturated rings. The number of rotatable bonds is 2. The molecule has 84 valence electrons. The molecule has 0 aliphatic carbocycles. The van der Waals surface area contributed by atoms with Gasteiger partial charge in [0.25, 0.3) is 0 Å². The number of ether oxygens (including phenoxy) is 1. The van der Waals surface area contributed by atoms with Crippen molar-refractivity contribution in [3.63, 3.8) is 0 Å². The molecule has 2 rings (SSSR count). The molecule has 0 radical (unpaired) electrons. The second-order valence-electron chi connectivity index (χ2n) is 3.48. The molecule has 0 amide bonds. The van der Waals surface area contributed by atoms with Gasteiger partial charge in [0.2, 0.25) is 5.88 Å². The molecule has 17 heavy (non-hydrogen) atoms. The topological polar surface area (TPSA) is 45.9 Å². The number of nitrogens with zero attached hydrogens (tertiary/aromatic N) is 2. The molecular weight excluding hydrogens is 280 g/mol. The Morgan fingerprint density at radius 2 is 2.12 bits per heavy atom. The molecule has 0 saturated heterocycles. The fourth-order valence-electron chi connectivity index (χ4n) is 1.37. The van der Waals surface area contributed by atoms with E-state index in [9.17, 15) is 0 Å². The van der Waals surface area contributed by atoms with Crippen molar-refractivity contribution < 1.29 is 4.74 Å². The highest BCUT2D eigenvalue weighted by molar-refractivity contribution is 9.10. The van der Waals surface area contributed by atoms with Gasteiger partial charge in [0.15, 0.2) is 0 Å². The van der Waals surface area contributed by atoms with Crippen LogP contribution in [0.5, 0.6) is 11.6 Å². The maximum atomic E-state index is 8.74. The Balaban J connectivity index is 2.28. The molecule has 1 aromatic carbocycles. The summed E-state index contributed by atoms with van der Waals surface area (Å²) in [5, 5.41) is 8.74. The van der Waals surface area contributed by atoms with E-state index in [0.29, 0.717) is 11.6 Å². The first-order valence-electron chi connectivity index (χ1n) is 5.00. The van der Waals surface area contributed by atoms with E-state index in [2.05, 4.69) is 20.9 Å². The van der Waals surface area contributed by atoms with Crippen molar-refractivity contribution in [3.05, 3.63) is 52.1 Å². The Morgan fingerprint density at radius 3 is 2.82 bits per heavy atom. The fourth-order valence-corrected chi connectivity index (χ4v) is 1.85. The number of aryl methyl sites for hydroxylation is 1. The second-order valence-corrected chi connectivity index (χ2v) is 4.40. The molecule has 0 spiro atoms. The molecule has 0 saturated carbocycles. The highest BCUT2D eigenvalue weighted by Crippen LogP contribution is 2.26. The molecule has 1 aromatic heterocycles. The molecule has 0 unspecified atom stereocenters. The van der Waals surface area contributed by atoms with E-state index in [0.717, 1.165) is 15.8 Å². The number of benzene rings is 1. The zero-order chi connectivity index (χ0) is 12.3. The van der Waals surface area contributed by atoms with E-state index in [-0.39, 0.29) is 0 Å². The molecule has 0 N–H and O–H groups in total. The van der Waals surface area contributed by atoms with Crippen LogP contribution in [0, 0.1) is 18.3 Å². The number of hydrogen-bond acceptors (Lipinski definition) is 3. The van der Waals surface area contributed by atoms with Crippen LogP contribution < -0.4 is 4.74 Å². The normalized spacial score (nSPS) is 9.71. The van der Waals surface area contributed by atoms with E-state index in [1.165, 1.54) is 0 Å². The molecule has 0 aliphatic rings. The number of hydrogen-bond donors (Lipinski definition) is 0.